The molecule has 1 aromatic heterocycles. The van der Waals surface area contributed by atoms with Crippen molar-refractivity contribution in [2.24, 2.45) is 0 Å². The highest BCUT2D eigenvalue weighted by Crippen LogP contribution is 2.18. The number of carbonyl (C=O) groups excluding carboxylic acids is 1. The summed E-state index contributed by atoms with van der Waals surface area (Å²) in [4.78, 5) is 16.5. The van der Waals surface area contributed by atoms with Gasteiger partial charge in [-0.25, -0.2) is 4.98 Å². The molecule has 2 heterocycles. The first-order chi connectivity index (χ1) is 12.2. The summed E-state index contributed by atoms with van der Waals surface area (Å²) in [6.07, 6.45) is 3.42. The van der Waals surface area contributed by atoms with Crippen LogP contribution in [0.5, 0.6) is 5.75 Å². The molecule has 5 nitrogen and oxygen atoms in total. The molecule has 1 amide bonds. The van der Waals surface area contributed by atoms with Gasteiger partial charge < -0.3 is 15.4 Å². The summed E-state index contributed by atoms with van der Waals surface area (Å²) in [5.41, 5.74) is 2.05. The van der Waals surface area contributed by atoms with Crippen LogP contribution in [-0.4, -0.2) is 30.5 Å². The van der Waals surface area contributed by atoms with Crippen molar-refractivity contribution in [2.75, 3.05) is 19.6 Å². The van der Waals surface area contributed by atoms with Gasteiger partial charge in [0.25, 0.3) is 0 Å². The van der Waals surface area contributed by atoms with Gasteiger partial charge in [0, 0.05) is 23.5 Å². The monoisotopic (exact) mass is 377 g/mol. The van der Waals surface area contributed by atoms with E-state index in [9.17, 15) is 4.79 Å². The number of amides is 1. The van der Waals surface area contributed by atoms with Crippen LogP contribution in [0.25, 0.3) is 0 Å². The Morgan fingerprint density at radius 3 is 2.96 bits per heavy atom. The van der Waals surface area contributed by atoms with Crippen LogP contribution in [0.15, 0.2) is 41.3 Å². The Balaban J connectivity index is 1.43. The van der Waals surface area contributed by atoms with Crippen molar-refractivity contribution in [2.45, 2.75) is 19.4 Å². The molecular weight excluding hydrogens is 358 g/mol. The van der Waals surface area contributed by atoms with Gasteiger partial charge in [0.2, 0.25) is 5.91 Å². The number of halogens is 1. The number of ether oxygens (including phenoxy) is 1. The van der Waals surface area contributed by atoms with Crippen molar-refractivity contribution in [1.82, 2.24) is 15.6 Å². The van der Waals surface area contributed by atoms with E-state index in [0.29, 0.717) is 24.6 Å². The van der Waals surface area contributed by atoms with Gasteiger partial charge >= 0.3 is 0 Å². The maximum atomic E-state index is 12.0. The number of hydrogen-bond acceptors (Lipinski definition) is 5. The first kappa shape index (κ1) is 17.9. The fourth-order valence-corrected chi connectivity index (χ4v) is 3.27. The first-order valence-electron chi connectivity index (χ1n) is 8.16. The summed E-state index contributed by atoms with van der Waals surface area (Å²) in [6.45, 7) is 2.87. The van der Waals surface area contributed by atoms with E-state index in [1.807, 2.05) is 17.5 Å². The molecule has 0 bridgehead atoms. The molecular formula is C18H20ClN3O2S. The lowest BCUT2D eigenvalue weighted by Gasteiger charge is -2.14. The molecule has 0 fully saturated rings. The maximum absolute atomic E-state index is 12.0. The SMILES string of the molecule is O=C(Cc1csc(COc2ccc(Cl)cc2)n1)NCC1=CCNCC1. The van der Waals surface area contributed by atoms with Gasteiger partial charge in [-0.05, 0) is 37.2 Å². The van der Waals surface area contributed by atoms with Crippen molar-refractivity contribution in [3.63, 3.8) is 0 Å². The molecule has 2 aromatic rings. The normalized spacial score (nSPS) is 14.0. The molecule has 132 valence electrons. The van der Waals surface area contributed by atoms with E-state index in [-0.39, 0.29) is 5.91 Å². The largest absolute Gasteiger partial charge is 0.486 e. The molecule has 1 aliphatic heterocycles. The Labute approximate surface area is 156 Å². The fourth-order valence-electron chi connectivity index (χ4n) is 2.44. The Morgan fingerprint density at radius 2 is 2.20 bits per heavy atom. The van der Waals surface area contributed by atoms with Crippen LogP contribution >= 0.6 is 22.9 Å². The molecule has 1 aromatic carbocycles. The molecule has 1 aliphatic rings. The van der Waals surface area contributed by atoms with E-state index in [1.165, 1.54) is 16.9 Å². The lowest BCUT2D eigenvalue weighted by Crippen LogP contribution is -2.30. The van der Waals surface area contributed by atoms with Crippen LogP contribution in [-0.2, 0) is 17.8 Å². The molecule has 0 aliphatic carbocycles. The summed E-state index contributed by atoms with van der Waals surface area (Å²) in [5.74, 6) is 0.740. The molecule has 0 atom stereocenters. The predicted octanol–water partition coefficient (Wildman–Crippen LogP) is 2.95. The smallest absolute Gasteiger partial charge is 0.226 e. The fraction of sp³-hybridized carbons (Fsp3) is 0.333. The zero-order chi connectivity index (χ0) is 17.5. The average Bonchev–Trinajstić information content (AvgIpc) is 3.08. The van der Waals surface area contributed by atoms with Crippen LogP contribution in [0.3, 0.4) is 0 Å². The maximum Gasteiger partial charge on any atom is 0.226 e. The van der Waals surface area contributed by atoms with Crippen molar-refractivity contribution in [3.8, 4) is 5.75 Å². The number of hydrogen-bond donors (Lipinski definition) is 2. The number of nitrogens with one attached hydrogen (secondary N) is 2. The third-order valence-electron chi connectivity index (χ3n) is 3.79. The van der Waals surface area contributed by atoms with Gasteiger partial charge in [0.1, 0.15) is 17.4 Å². The van der Waals surface area contributed by atoms with Crippen molar-refractivity contribution >= 4 is 28.8 Å². The van der Waals surface area contributed by atoms with Crippen LogP contribution in [0.1, 0.15) is 17.1 Å². The summed E-state index contributed by atoms with van der Waals surface area (Å²) < 4.78 is 5.67. The predicted molar refractivity (Wildman–Crippen MR) is 100 cm³/mol. The lowest BCUT2D eigenvalue weighted by atomic mass is 10.1. The summed E-state index contributed by atoms with van der Waals surface area (Å²) >= 11 is 7.34. The van der Waals surface area contributed by atoms with Crippen molar-refractivity contribution in [1.29, 1.82) is 0 Å². The third-order valence-corrected chi connectivity index (χ3v) is 4.91. The van der Waals surface area contributed by atoms with Crippen LogP contribution in [0.4, 0.5) is 0 Å². The van der Waals surface area contributed by atoms with E-state index in [0.717, 1.165) is 36.0 Å². The number of thiazole rings is 1. The zero-order valence-electron chi connectivity index (χ0n) is 13.8. The highest BCUT2D eigenvalue weighted by molar-refractivity contribution is 7.09. The van der Waals surface area contributed by atoms with Crippen LogP contribution < -0.4 is 15.4 Å². The first-order valence-corrected chi connectivity index (χ1v) is 9.42. The van der Waals surface area contributed by atoms with Gasteiger partial charge in [-0.1, -0.05) is 23.3 Å². The van der Waals surface area contributed by atoms with E-state index < -0.39 is 0 Å². The average molecular weight is 378 g/mol. The topological polar surface area (TPSA) is 63.2 Å². The highest BCUT2D eigenvalue weighted by Gasteiger charge is 2.10. The van der Waals surface area contributed by atoms with Crippen molar-refractivity contribution < 1.29 is 9.53 Å². The molecule has 3 rings (SSSR count). The Hall–Kier alpha value is -1.89. The molecule has 0 saturated heterocycles. The van der Waals surface area contributed by atoms with Gasteiger partial charge in [0.05, 0.1) is 12.1 Å². The quantitative estimate of drug-likeness (QED) is 0.728. The summed E-state index contributed by atoms with van der Waals surface area (Å²) in [6, 6.07) is 7.21. The Kier molecular flexibility index (Phi) is 6.44. The number of carbonyl (C=O) groups is 1. The second kappa shape index (κ2) is 8.99. The second-order valence-electron chi connectivity index (χ2n) is 5.75. The molecule has 0 saturated carbocycles. The molecule has 0 spiro atoms. The summed E-state index contributed by atoms with van der Waals surface area (Å²) in [5, 5.41) is 9.64. The molecule has 25 heavy (non-hydrogen) atoms. The third kappa shape index (κ3) is 5.85. The molecule has 0 radical (unpaired) electrons. The molecule has 2 N–H and O–H groups in total. The van der Waals surface area contributed by atoms with E-state index in [2.05, 4.69) is 21.7 Å². The number of rotatable bonds is 7. The van der Waals surface area contributed by atoms with Crippen molar-refractivity contribution in [3.05, 3.63) is 57.0 Å². The number of benzene rings is 1. The number of aromatic nitrogens is 1. The van der Waals surface area contributed by atoms with E-state index in [4.69, 9.17) is 16.3 Å². The highest BCUT2D eigenvalue weighted by atomic mass is 35.5. The minimum Gasteiger partial charge on any atom is -0.486 e. The van der Waals surface area contributed by atoms with Crippen LogP contribution in [0.2, 0.25) is 5.02 Å². The lowest BCUT2D eigenvalue weighted by molar-refractivity contribution is -0.120. The van der Waals surface area contributed by atoms with E-state index >= 15 is 0 Å². The zero-order valence-corrected chi connectivity index (χ0v) is 15.3. The van der Waals surface area contributed by atoms with Gasteiger partial charge in [-0.3, -0.25) is 4.79 Å². The Bertz CT molecular complexity index is 743. The van der Waals surface area contributed by atoms with Gasteiger partial charge in [0.15, 0.2) is 0 Å². The van der Waals surface area contributed by atoms with Crippen LogP contribution in [0, 0.1) is 0 Å². The van der Waals surface area contributed by atoms with Gasteiger partial charge in [-0.2, -0.15) is 0 Å². The number of nitrogens with zero attached hydrogens (tertiary/aromatic N) is 1. The van der Waals surface area contributed by atoms with Gasteiger partial charge in [-0.15, -0.1) is 11.3 Å². The Morgan fingerprint density at radius 1 is 1.36 bits per heavy atom. The minimum atomic E-state index is -0.00472. The molecule has 0 unspecified atom stereocenters. The minimum absolute atomic E-state index is 0.00472. The van der Waals surface area contributed by atoms with E-state index in [1.54, 1.807) is 12.1 Å². The standard InChI is InChI=1S/C18H20ClN3O2S/c19-14-1-3-16(4-2-14)24-11-18-22-15(12-25-18)9-17(23)21-10-13-5-7-20-8-6-13/h1-5,12,20H,6-11H2,(H,21,23). The second-order valence-corrected chi connectivity index (χ2v) is 7.12. The molecule has 7 heteroatoms. The summed E-state index contributed by atoms with van der Waals surface area (Å²) in [7, 11) is 0.